The van der Waals surface area contributed by atoms with Crippen LogP contribution in [0.3, 0.4) is 0 Å². The van der Waals surface area contributed by atoms with Crippen LogP contribution in [-0.4, -0.2) is 5.91 Å². The number of benzene rings is 2. The Morgan fingerprint density at radius 3 is 2.52 bits per heavy atom. The molecule has 0 saturated carbocycles. The highest BCUT2D eigenvalue weighted by atomic mass is 79.9. The van der Waals surface area contributed by atoms with Gasteiger partial charge < -0.3 is 9.73 Å². The number of furan rings is 1. The molecule has 0 radical (unpaired) electrons. The number of para-hydroxylation sites is 1. The van der Waals surface area contributed by atoms with Crippen molar-refractivity contribution >= 4 is 38.5 Å². The van der Waals surface area contributed by atoms with Crippen LogP contribution in [0.25, 0.3) is 11.0 Å². The molecule has 0 aliphatic carbocycles. The minimum atomic E-state index is -0.845. The fourth-order valence-electron chi connectivity index (χ4n) is 1.91. The van der Waals surface area contributed by atoms with Gasteiger partial charge in [-0.25, -0.2) is 8.78 Å². The van der Waals surface area contributed by atoms with E-state index < -0.39 is 23.2 Å². The summed E-state index contributed by atoms with van der Waals surface area (Å²) in [7, 11) is 0. The molecule has 0 saturated heterocycles. The maximum absolute atomic E-state index is 13.5. The predicted molar refractivity (Wildman–Crippen MR) is 78.2 cm³/mol. The van der Waals surface area contributed by atoms with Crippen molar-refractivity contribution in [3.63, 3.8) is 0 Å². The van der Waals surface area contributed by atoms with Gasteiger partial charge in [-0.05, 0) is 36.4 Å². The van der Waals surface area contributed by atoms with Crippen LogP contribution >= 0.6 is 15.9 Å². The van der Waals surface area contributed by atoms with Crippen molar-refractivity contribution in [2.75, 3.05) is 5.32 Å². The van der Waals surface area contributed by atoms with E-state index in [0.29, 0.717) is 5.58 Å². The van der Waals surface area contributed by atoms with Gasteiger partial charge in [0.25, 0.3) is 5.91 Å². The number of amides is 1. The number of carbonyl (C=O) groups excluding carboxylic acids is 1. The largest absolute Gasteiger partial charge is 0.451 e. The van der Waals surface area contributed by atoms with Crippen LogP contribution in [-0.2, 0) is 0 Å². The number of nitrogens with one attached hydrogen (secondary N) is 1. The second-order valence-electron chi connectivity index (χ2n) is 4.34. The van der Waals surface area contributed by atoms with E-state index in [-0.39, 0.29) is 5.76 Å². The lowest BCUT2D eigenvalue weighted by atomic mass is 10.2. The van der Waals surface area contributed by atoms with Gasteiger partial charge in [0.2, 0.25) is 0 Å². The number of fused-ring (bicyclic) bond motifs is 1. The molecule has 2 aromatic carbocycles. The first-order chi connectivity index (χ1) is 10.0. The molecule has 0 fully saturated rings. The molecule has 106 valence electrons. The van der Waals surface area contributed by atoms with Gasteiger partial charge in [-0.15, -0.1) is 0 Å². The number of rotatable bonds is 2. The van der Waals surface area contributed by atoms with Gasteiger partial charge in [-0.2, -0.15) is 0 Å². The van der Waals surface area contributed by atoms with Crippen LogP contribution in [0.2, 0.25) is 0 Å². The lowest BCUT2D eigenvalue weighted by Crippen LogP contribution is -2.13. The molecule has 1 amide bonds. The maximum atomic E-state index is 13.5. The van der Waals surface area contributed by atoms with Crippen molar-refractivity contribution in [3.8, 4) is 0 Å². The Hall–Kier alpha value is -2.21. The zero-order valence-corrected chi connectivity index (χ0v) is 12.1. The molecule has 0 spiro atoms. The summed E-state index contributed by atoms with van der Waals surface area (Å²) in [4.78, 5) is 12.0. The number of carbonyl (C=O) groups is 1. The minimum absolute atomic E-state index is 0.0225. The van der Waals surface area contributed by atoms with Crippen LogP contribution in [0.1, 0.15) is 10.6 Å². The second kappa shape index (κ2) is 5.29. The van der Waals surface area contributed by atoms with Gasteiger partial charge in [0, 0.05) is 9.86 Å². The fourth-order valence-corrected chi connectivity index (χ4v) is 2.25. The average Bonchev–Trinajstić information content (AvgIpc) is 2.86. The zero-order chi connectivity index (χ0) is 15.0. The Kier molecular flexibility index (Phi) is 3.47. The minimum Gasteiger partial charge on any atom is -0.451 e. The van der Waals surface area contributed by atoms with E-state index in [2.05, 4.69) is 21.2 Å². The molecule has 0 aliphatic rings. The molecule has 3 rings (SSSR count). The van der Waals surface area contributed by atoms with Crippen LogP contribution in [0.4, 0.5) is 14.5 Å². The molecule has 1 aromatic heterocycles. The van der Waals surface area contributed by atoms with E-state index in [1.165, 1.54) is 12.1 Å². The summed E-state index contributed by atoms with van der Waals surface area (Å²) in [5.74, 6) is -2.43. The van der Waals surface area contributed by atoms with Crippen molar-refractivity contribution in [2.45, 2.75) is 0 Å². The molecule has 0 aliphatic heterocycles. The van der Waals surface area contributed by atoms with Crippen molar-refractivity contribution in [2.24, 2.45) is 0 Å². The fraction of sp³-hybridized carbons (Fsp3) is 0. The summed E-state index contributed by atoms with van der Waals surface area (Å²) in [6, 6.07) is 10.1. The molecule has 1 N–H and O–H groups in total. The van der Waals surface area contributed by atoms with Crippen molar-refractivity contribution in [3.05, 3.63) is 64.3 Å². The van der Waals surface area contributed by atoms with Gasteiger partial charge in [0.15, 0.2) is 5.76 Å². The first kappa shape index (κ1) is 13.8. The summed E-state index contributed by atoms with van der Waals surface area (Å²) < 4.78 is 33.2. The van der Waals surface area contributed by atoms with E-state index in [1.54, 1.807) is 18.2 Å². The summed E-state index contributed by atoms with van der Waals surface area (Å²) >= 11 is 3.29. The first-order valence-corrected chi connectivity index (χ1v) is 6.78. The molecule has 21 heavy (non-hydrogen) atoms. The van der Waals surface area contributed by atoms with E-state index in [0.717, 1.165) is 22.0 Å². The van der Waals surface area contributed by atoms with Gasteiger partial charge in [-0.1, -0.05) is 22.0 Å². The second-order valence-corrected chi connectivity index (χ2v) is 5.26. The molecule has 3 aromatic rings. The smallest absolute Gasteiger partial charge is 0.291 e. The molecule has 6 heteroatoms. The highest BCUT2D eigenvalue weighted by Crippen LogP contribution is 2.25. The zero-order valence-electron chi connectivity index (χ0n) is 10.5. The molecule has 0 atom stereocenters. The monoisotopic (exact) mass is 351 g/mol. The standard InChI is InChI=1S/C15H8BrF2NO2/c16-9-5-4-8-6-13(21-12(8)7-9)15(20)19-14-10(17)2-1-3-11(14)18/h1-7H,(H,19,20). The Balaban J connectivity index is 1.94. The average molecular weight is 352 g/mol. The third-order valence-electron chi connectivity index (χ3n) is 2.91. The highest BCUT2D eigenvalue weighted by Gasteiger charge is 2.16. The van der Waals surface area contributed by atoms with Crippen molar-refractivity contribution < 1.29 is 18.0 Å². The highest BCUT2D eigenvalue weighted by molar-refractivity contribution is 9.10. The van der Waals surface area contributed by atoms with E-state index in [4.69, 9.17) is 4.42 Å². The molecular weight excluding hydrogens is 344 g/mol. The van der Waals surface area contributed by atoms with Crippen LogP contribution < -0.4 is 5.32 Å². The molecule has 0 bridgehead atoms. The van der Waals surface area contributed by atoms with Gasteiger partial charge in [-0.3, -0.25) is 4.79 Å². The van der Waals surface area contributed by atoms with Crippen LogP contribution in [0.5, 0.6) is 0 Å². The van der Waals surface area contributed by atoms with E-state index in [9.17, 15) is 13.6 Å². The summed E-state index contributed by atoms with van der Waals surface area (Å²) in [5, 5.41) is 2.90. The van der Waals surface area contributed by atoms with E-state index in [1.807, 2.05) is 0 Å². The summed E-state index contributed by atoms with van der Waals surface area (Å²) in [5.41, 5.74) is 0.00710. The third kappa shape index (κ3) is 2.67. The Morgan fingerprint density at radius 1 is 1.10 bits per heavy atom. The predicted octanol–water partition coefficient (Wildman–Crippen LogP) is 4.73. The number of hydrogen-bond acceptors (Lipinski definition) is 2. The molecule has 3 nitrogen and oxygen atoms in total. The quantitative estimate of drug-likeness (QED) is 0.725. The molecule has 0 unspecified atom stereocenters. The van der Waals surface area contributed by atoms with Gasteiger partial charge in [0.05, 0.1) is 0 Å². The normalized spacial score (nSPS) is 10.8. The van der Waals surface area contributed by atoms with Crippen molar-refractivity contribution in [1.29, 1.82) is 0 Å². The first-order valence-electron chi connectivity index (χ1n) is 5.99. The SMILES string of the molecule is O=C(Nc1c(F)cccc1F)c1cc2ccc(Br)cc2o1. The van der Waals surface area contributed by atoms with Crippen LogP contribution in [0.15, 0.2) is 51.4 Å². The van der Waals surface area contributed by atoms with Crippen molar-refractivity contribution in [1.82, 2.24) is 0 Å². The number of halogens is 3. The lowest BCUT2D eigenvalue weighted by Gasteiger charge is -2.05. The van der Waals surface area contributed by atoms with Gasteiger partial charge in [0.1, 0.15) is 22.9 Å². The Bertz CT molecular complexity index is 825. The Morgan fingerprint density at radius 2 is 1.81 bits per heavy atom. The topological polar surface area (TPSA) is 42.2 Å². The number of hydrogen-bond donors (Lipinski definition) is 1. The van der Waals surface area contributed by atoms with Gasteiger partial charge >= 0.3 is 0 Å². The lowest BCUT2D eigenvalue weighted by molar-refractivity contribution is 0.0997. The molecular formula is C15H8BrF2NO2. The van der Waals surface area contributed by atoms with Crippen LogP contribution in [0, 0.1) is 11.6 Å². The third-order valence-corrected chi connectivity index (χ3v) is 3.40. The summed E-state index contributed by atoms with van der Waals surface area (Å²) in [6.45, 7) is 0. The Labute approximate surface area is 126 Å². The maximum Gasteiger partial charge on any atom is 0.291 e. The number of anilines is 1. The molecule has 1 heterocycles. The van der Waals surface area contributed by atoms with E-state index >= 15 is 0 Å². The summed E-state index contributed by atoms with van der Waals surface area (Å²) in [6.07, 6.45) is 0.